The third kappa shape index (κ3) is 4.61. The first-order valence-corrected chi connectivity index (χ1v) is 8.52. The summed E-state index contributed by atoms with van der Waals surface area (Å²) in [5, 5.41) is 12.2. The van der Waals surface area contributed by atoms with E-state index in [0.29, 0.717) is 12.1 Å². The van der Waals surface area contributed by atoms with Gasteiger partial charge in [-0.1, -0.05) is 43.3 Å². The van der Waals surface area contributed by atoms with Crippen LogP contribution < -0.4 is 5.32 Å². The summed E-state index contributed by atoms with van der Waals surface area (Å²) >= 11 is 1.86. The van der Waals surface area contributed by atoms with Gasteiger partial charge in [0, 0.05) is 17.9 Å². The van der Waals surface area contributed by atoms with Crippen LogP contribution >= 0.6 is 11.8 Å². The van der Waals surface area contributed by atoms with E-state index in [1.54, 1.807) is 0 Å². The van der Waals surface area contributed by atoms with Gasteiger partial charge < -0.3 is 10.4 Å². The van der Waals surface area contributed by atoms with Crippen LogP contribution in [0, 0.1) is 0 Å². The van der Waals surface area contributed by atoms with Crippen LogP contribution in [-0.2, 0) is 18.9 Å². The maximum atomic E-state index is 12.2. The lowest BCUT2D eigenvalue weighted by molar-refractivity contribution is 0.0950. The van der Waals surface area contributed by atoms with E-state index in [2.05, 4.69) is 12.2 Å². The zero-order valence-electron chi connectivity index (χ0n) is 12.7. The molecule has 2 aromatic carbocycles. The molecule has 2 N–H and O–H groups in total. The average Bonchev–Trinajstić information content (AvgIpc) is 2.58. The Hall–Kier alpha value is -1.78. The number of nitrogens with one attached hydrogen (secondary N) is 1. The van der Waals surface area contributed by atoms with E-state index < -0.39 is 0 Å². The van der Waals surface area contributed by atoms with E-state index in [0.717, 1.165) is 22.6 Å². The lowest BCUT2D eigenvalue weighted by atomic mass is 10.1. The van der Waals surface area contributed by atoms with Crippen molar-refractivity contribution in [2.75, 3.05) is 5.75 Å². The van der Waals surface area contributed by atoms with E-state index in [1.165, 1.54) is 5.56 Å². The number of amides is 1. The van der Waals surface area contributed by atoms with Crippen LogP contribution in [0.25, 0.3) is 0 Å². The largest absolute Gasteiger partial charge is 0.392 e. The van der Waals surface area contributed by atoms with E-state index >= 15 is 0 Å². The fourth-order valence-corrected chi connectivity index (χ4v) is 2.77. The van der Waals surface area contributed by atoms with Gasteiger partial charge in [0.1, 0.15) is 0 Å². The molecule has 0 radical (unpaired) electrons. The topological polar surface area (TPSA) is 49.3 Å². The Morgan fingerprint density at radius 1 is 1.09 bits per heavy atom. The summed E-state index contributed by atoms with van der Waals surface area (Å²) < 4.78 is 0. The van der Waals surface area contributed by atoms with Crippen molar-refractivity contribution >= 4 is 17.7 Å². The number of benzene rings is 2. The van der Waals surface area contributed by atoms with Crippen molar-refractivity contribution in [3.05, 3.63) is 70.8 Å². The Kier molecular flexibility index (Phi) is 6.49. The van der Waals surface area contributed by atoms with Crippen LogP contribution in [0.4, 0.5) is 0 Å². The molecule has 3 nitrogen and oxygen atoms in total. The lowest BCUT2D eigenvalue weighted by Gasteiger charge is -2.09. The second kappa shape index (κ2) is 8.61. The zero-order chi connectivity index (χ0) is 15.8. The van der Waals surface area contributed by atoms with Crippen molar-refractivity contribution in [1.29, 1.82) is 0 Å². The summed E-state index contributed by atoms with van der Waals surface area (Å²) in [5.74, 6) is 1.97. The Balaban J connectivity index is 1.94. The Morgan fingerprint density at radius 2 is 1.77 bits per heavy atom. The van der Waals surface area contributed by atoms with Gasteiger partial charge in [-0.15, -0.1) is 0 Å². The Labute approximate surface area is 135 Å². The van der Waals surface area contributed by atoms with Crippen LogP contribution in [0.3, 0.4) is 0 Å². The normalized spacial score (nSPS) is 10.5. The van der Waals surface area contributed by atoms with Crippen molar-refractivity contribution in [2.24, 2.45) is 0 Å². The molecule has 4 heteroatoms. The fourth-order valence-electron chi connectivity index (χ4n) is 2.13. The van der Waals surface area contributed by atoms with Gasteiger partial charge in [0.25, 0.3) is 5.91 Å². The van der Waals surface area contributed by atoms with Crippen molar-refractivity contribution in [3.63, 3.8) is 0 Å². The molecule has 0 aliphatic carbocycles. The summed E-state index contributed by atoms with van der Waals surface area (Å²) in [6.07, 6.45) is 0. The van der Waals surface area contributed by atoms with Gasteiger partial charge in [-0.3, -0.25) is 4.79 Å². The minimum absolute atomic E-state index is 0.0180. The Morgan fingerprint density at radius 3 is 2.41 bits per heavy atom. The molecule has 1 amide bonds. The van der Waals surface area contributed by atoms with Crippen molar-refractivity contribution in [1.82, 2.24) is 5.32 Å². The number of aliphatic hydroxyl groups excluding tert-OH is 1. The average molecular weight is 315 g/mol. The van der Waals surface area contributed by atoms with E-state index in [9.17, 15) is 9.90 Å². The molecule has 0 aliphatic rings. The third-order valence-electron chi connectivity index (χ3n) is 3.42. The first-order valence-electron chi connectivity index (χ1n) is 7.37. The number of carbonyl (C=O) groups is 1. The molecule has 0 aromatic heterocycles. The molecule has 0 spiro atoms. The molecule has 0 bridgehead atoms. The van der Waals surface area contributed by atoms with Crippen LogP contribution in [0.15, 0.2) is 48.5 Å². The van der Waals surface area contributed by atoms with Crippen LogP contribution in [0.1, 0.15) is 34.0 Å². The highest BCUT2D eigenvalue weighted by atomic mass is 32.2. The van der Waals surface area contributed by atoms with E-state index in [4.69, 9.17) is 0 Å². The van der Waals surface area contributed by atoms with E-state index in [-0.39, 0.29) is 12.5 Å². The molecule has 0 unspecified atom stereocenters. The molecule has 2 aromatic rings. The second-order valence-corrected chi connectivity index (χ2v) is 6.22. The summed E-state index contributed by atoms with van der Waals surface area (Å²) in [6, 6.07) is 15.3. The number of hydrogen-bond donors (Lipinski definition) is 2. The number of rotatable bonds is 7. The predicted molar refractivity (Wildman–Crippen MR) is 91.8 cm³/mol. The van der Waals surface area contributed by atoms with Crippen molar-refractivity contribution in [3.8, 4) is 0 Å². The summed E-state index contributed by atoms with van der Waals surface area (Å²) in [4.78, 5) is 12.2. The number of thioether (sulfide) groups is 1. The summed E-state index contributed by atoms with van der Waals surface area (Å²) in [6.45, 7) is 2.54. The van der Waals surface area contributed by atoms with Gasteiger partial charge in [0.15, 0.2) is 0 Å². The van der Waals surface area contributed by atoms with Crippen LogP contribution in [0.5, 0.6) is 0 Å². The van der Waals surface area contributed by atoms with Crippen LogP contribution in [0.2, 0.25) is 0 Å². The molecule has 0 saturated heterocycles. The SMILES string of the molecule is CCSCc1ccc(C(=O)NCc2ccccc2CO)cc1. The fraction of sp³-hybridized carbons (Fsp3) is 0.278. The lowest BCUT2D eigenvalue weighted by Crippen LogP contribution is -2.23. The van der Waals surface area contributed by atoms with Gasteiger partial charge in [0.05, 0.1) is 6.61 Å². The minimum atomic E-state index is -0.0950. The molecule has 22 heavy (non-hydrogen) atoms. The van der Waals surface area contributed by atoms with E-state index in [1.807, 2.05) is 60.3 Å². The molecule has 0 saturated carbocycles. The third-order valence-corrected chi connectivity index (χ3v) is 4.36. The highest BCUT2D eigenvalue weighted by molar-refractivity contribution is 7.98. The Bertz CT molecular complexity index is 611. The van der Waals surface area contributed by atoms with Gasteiger partial charge in [0.2, 0.25) is 0 Å². The molecule has 0 aliphatic heterocycles. The summed E-state index contributed by atoms with van der Waals surface area (Å²) in [7, 11) is 0. The maximum absolute atomic E-state index is 12.2. The number of carbonyl (C=O) groups excluding carboxylic acids is 1. The highest BCUT2D eigenvalue weighted by Gasteiger charge is 2.07. The van der Waals surface area contributed by atoms with Gasteiger partial charge in [-0.2, -0.15) is 11.8 Å². The van der Waals surface area contributed by atoms with Crippen molar-refractivity contribution < 1.29 is 9.90 Å². The number of aliphatic hydroxyl groups is 1. The smallest absolute Gasteiger partial charge is 0.251 e. The summed E-state index contributed by atoms with van der Waals surface area (Å²) in [5.41, 5.74) is 3.67. The zero-order valence-corrected chi connectivity index (χ0v) is 13.5. The molecule has 0 atom stereocenters. The molecule has 2 rings (SSSR count). The van der Waals surface area contributed by atoms with Gasteiger partial charge in [-0.25, -0.2) is 0 Å². The molecule has 116 valence electrons. The van der Waals surface area contributed by atoms with Gasteiger partial charge >= 0.3 is 0 Å². The van der Waals surface area contributed by atoms with Crippen molar-refractivity contribution in [2.45, 2.75) is 25.8 Å². The molecular formula is C18H21NO2S. The van der Waals surface area contributed by atoms with Crippen LogP contribution in [-0.4, -0.2) is 16.8 Å². The predicted octanol–water partition coefficient (Wildman–Crippen LogP) is 3.36. The molecule has 0 fully saturated rings. The first-order chi connectivity index (χ1) is 10.7. The monoisotopic (exact) mass is 315 g/mol. The highest BCUT2D eigenvalue weighted by Crippen LogP contribution is 2.13. The molecule has 0 heterocycles. The quantitative estimate of drug-likeness (QED) is 0.823. The molecular weight excluding hydrogens is 294 g/mol. The first kappa shape index (κ1) is 16.6. The second-order valence-electron chi connectivity index (χ2n) is 4.94. The number of hydrogen-bond acceptors (Lipinski definition) is 3. The maximum Gasteiger partial charge on any atom is 0.251 e. The standard InChI is InChI=1S/C18H21NO2S/c1-2-22-13-14-7-9-15(10-8-14)18(21)19-11-16-5-3-4-6-17(16)12-20/h3-10,20H,2,11-13H2,1H3,(H,19,21). The minimum Gasteiger partial charge on any atom is -0.392 e. The van der Waals surface area contributed by atoms with Gasteiger partial charge in [-0.05, 0) is 34.6 Å².